The van der Waals surface area contributed by atoms with Crippen molar-refractivity contribution in [1.29, 1.82) is 0 Å². The molecule has 0 radical (unpaired) electrons. The van der Waals surface area contributed by atoms with Crippen LogP contribution in [-0.4, -0.2) is 87.0 Å². The van der Waals surface area contributed by atoms with E-state index in [9.17, 15) is 19.2 Å². The second kappa shape index (κ2) is 13.0. The Kier molecular flexibility index (Phi) is 10.6. The Morgan fingerprint density at radius 3 is 1.12 bits per heavy atom. The van der Waals surface area contributed by atoms with E-state index in [1.54, 1.807) is 0 Å². The molecule has 2 saturated heterocycles. The molecule has 7 amide bonds. The average Bonchev–Trinajstić information content (AvgIpc) is 3.02. The topological polar surface area (TPSA) is 84.5 Å². The largest absolute Gasteiger partial charge is 0.331 e. The van der Waals surface area contributed by atoms with E-state index in [1.807, 2.05) is 34.6 Å². The summed E-state index contributed by atoms with van der Waals surface area (Å²) in [6.07, 6.45) is 7.60. The van der Waals surface area contributed by atoms with Crippen LogP contribution in [0.4, 0.5) is 14.4 Å². The number of imide groups is 2. The molecule has 2 aliphatic rings. The fourth-order valence-corrected chi connectivity index (χ4v) is 4.69. The third-order valence-corrected chi connectivity index (χ3v) is 6.72. The zero-order valence-corrected chi connectivity index (χ0v) is 22.0. The number of hydrogen-bond donors (Lipinski definition) is 0. The first-order valence-corrected chi connectivity index (χ1v) is 13.4. The molecule has 34 heavy (non-hydrogen) atoms. The van der Waals surface area contributed by atoms with Crippen molar-refractivity contribution in [3.63, 3.8) is 0 Å². The van der Waals surface area contributed by atoms with Gasteiger partial charge in [-0.2, -0.15) is 0 Å². The van der Waals surface area contributed by atoms with Crippen molar-refractivity contribution in [1.82, 2.24) is 24.5 Å². The molecule has 0 atom stereocenters. The van der Waals surface area contributed by atoms with E-state index in [0.29, 0.717) is 64.8 Å². The summed E-state index contributed by atoms with van der Waals surface area (Å²) in [6, 6.07) is -1.31. The highest BCUT2D eigenvalue weighted by Crippen LogP contribution is 2.40. The van der Waals surface area contributed by atoms with E-state index in [1.165, 1.54) is 24.5 Å². The summed E-state index contributed by atoms with van der Waals surface area (Å²) >= 11 is 0. The van der Waals surface area contributed by atoms with E-state index in [4.69, 9.17) is 0 Å². The fraction of sp³-hybridized carbons (Fsp3) is 0.840. The van der Waals surface area contributed by atoms with Crippen LogP contribution < -0.4 is 0 Å². The Labute approximate surface area is 205 Å². The molecule has 1 spiro atoms. The predicted octanol–water partition coefficient (Wildman–Crippen LogP) is 5.06. The lowest BCUT2D eigenvalue weighted by molar-refractivity contribution is -0.163. The van der Waals surface area contributed by atoms with Crippen LogP contribution >= 0.6 is 0 Å². The van der Waals surface area contributed by atoms with E-state index in [2.05, 4.69) is 0 Å². The van der Waals surface area contributed by atoms with Crippen LogP contribution in [0.5, 0.6) is 0 Å². The molecule has 0 aromatic carbocycles. The molecule has 0 aliphatic carbocycles. The second-order valence-corrected chi connectivity index (χ2v) is 9.31. The highest BCUT2D eigenvalue weighted by atomic mass is 16.2. The molecule has 2 rings (SSSR count). The minimum absolute atomic E-state index is 0.295. The van der Waals surface area contributed by atoms with Crippen LogP contribution in [0.2, 0.25) is 0 Å². The molecular formula is C25H45N5O4. The predicted molar refractivity (Wildman–Crippen MR) is 132 cm³/mol. The van der Waals surface area contributed by atoms with Crippen molar-refractivity contribution >= 4 is 24.0 Å². The van der Waals surface area contributed by atoms with Crippen LogP contribution in [0, 0.1) is 0 Å². The van der Waals surface area contributed by atoms with Crippen molar-refractivity contribution in [2.24, 2.45) is 0 Å². The zero-order chi connectivity index (χ0) is 25.3. The summed E-state index contributed by atoms with van der Waals surface area (Å²) in [6.45, 7) is 11.7. The highest BCUT2D eigenvalue weighted by Gasteiger charge is 2.69. The van der Waals surface area contributed by atoms with Gasteiger partial charge in [0.1, 0.15) is 0 Å². The standard InChI is InChI=1S/C25H45N5O4/c1-6-11-16-26-21(31)25(28(22(26)32)18-13-8-3)29(19-14-9-4)23(33)27(17-12-7-2)24(34)30(25)20-15-10-5/h6-20H2,1-5H3. The third-order valence-electron chi connectivity index (χ3n) is 6.72. The SMILES string of the molecule is CCCCN1C(=O)N(CCCC)C2(C(=O)N(CCCC)C(=O)N2CCCC)N(CCCC)C1=O. The molecule has 2 aliphatic heterocycles. The number of unbranched alkanes of at least 4 members (excludes halogenated alkanes) is 5. The van der Waals surface area contributed by atoms with Crippen LogP contribution in [0.25, 0.3) is 0 Å². The molecule has 194 valence electrons. The van der Waals surface area contributed by atoms with Gasteiger partial charge in [-0.25, -0.2) is 19.3 Å². The van der Waals surface area contributed by atoms with Gasteiger partial charge >= 0.3 is 18.1 Å². The molecule has 0 saturated carbocycles. The van der Waals surface area contributed by atoms with Crippen molar-refractivity contribution in [2.45, 2.75) is 105 Å². The number of rotatable bonds is 15. The zero-order valence-electron chi connectivity index (χ0n) is 22.0. The third kappa shape index (κ3) is 5.03. The Hall–Kier alpha value is -2.32. The summed E-state index contributed by atoms with van der Waals surface area (Å²) in [5.74, 6) is -2.16. The van der Waals surface area contributed by atoms with Gasteiger partial charge in [0.05, 0.1) is 0 Å². The normalized spacial score (nSPS) is 18.3. The maximum Gasteiger partial charge on any atom is 0.331 e. The van der Waals surface area contributed by atoms with Gasteiger partial charge in [-0.15, -0.1) is 0 Å². The molecule has 0 aromatic rings. The monoisotopic (exact) mass is 479 g/mol. The number of amides is 7. The van der Waals surface area contributed by atoms with Gasteiger partial charge in [0.15, 0.2) is 0 Å². The second-order valence-electron chi connectivity index (χ2n) is 9.31. The number of urea groups is 3. The van der Waals surface area contributed by atoms with E-state index >= 15 is 0 Å². The molecule has 9 nitrogen and oxygen atoms in total. The van der Waals surface area contributed by atoms with Gasteiger partial charge in [0.2, 0.25) is 0 Å². The molecule has 0 N–H and O–H groups in total. The highest BCUT2D eigenvalue weighted by molar-refractivity contribution is 6.12. The van der Waals surface area contributed by atoms with Gasteiger partial charge in [0, 0.05) is 32.7 Å². The Balaban J connectivity index is 2.70. The number of carbonyl (C=O) groups excluding carboxylic acids is 4. The van der Waals surface area contributed by atoms with Crippen molar-refractivity contribution in [3.05, 3.63) is 0 Å². The summed E-state index contributed by atoms with van der Waals surface area (Å²) < 4.78 is 0. The van der Waals surface area contributed by atoms with Crippen molar-refractivity contribution in [3.8, 4) is 0 Å². The van der Waals surface area contributed by atoms with E-state index in [0.717, 1.165) is 32.1 Å². The maximum absolute atomic E-state index is 14.2. The molecule has 2 heterocycles. The van der Waals surface area contributed by atoms with Crippen LogP contribution in [0.15, 0.2) is 0 Å². The summed E-state index contributed by atoms with van der Waals surface area (Å²) in [5, 5.41) is 0. The first kappa shape index (κ1) is 27.9. The lowest BCUT2D eigenvalue weighted by Gasteiger charge is -2.55. The quantitative estimate of drug-likeness (QED) is 0.307. The van der Waals surface area contributed by atoms with Gasteiger partial charge in [-0.1, -0.05) is 66.7 Å². The van der Waals surface area contributed by atoms with Crippen LogP contribution in [0.1, 0.15) is 98.8 Å². The lowest BCUT2D eigenvalue weighted by atomic mass is 10.1. The van der Waals surface area contributed by atoms with Crippen LogP contribution in [-0.2, 0) is 4.79 Å². The summed E-state index contributed by atoms with van der Waals surface area (Å²) in [7, 11) is 0. The Morgan fingerprint density at radius 1 is 0.471 bits per heavy atom. The van der Waals surface area contributed by atoms with Gasteiger partial charge in [0.25, 0.3) is 11.7 Å². The minimum Gasteiger partial charge on any atom is -0.275 e. The summed E-state index contributed by atoms with van der Waals surface area (Å²) in [5.41, 5.74) is 0. The number of hydrogen-bond acceptors (Lipinski definition) is 4. The summed E-state index contributed by atoms with van der Waals surface area (Å²) in [4.78, 5) is 62.6. The Bertz CT molecular complexity index is 700. The van der Waals surface area contributed by atoms with E-state index in [-0.39, 0.29) is 0 Å². The fourth-order valence-electron chi connectivity index (χ4n) is 4.69. The number of nitrogens with zero attached hydrogens (tertiary/aromatic N) is 5. The van der Waals surface area contributed by atoms with E-state index < -0.39 is 29.8 Å². The van der Waals surface area contributed by atoms with Gasteiger partial charge < -0.3 is 0 Å². The smallest absolute Gasteiger partial charge is 0.275 e. The molecule has 9 heteroatoms. The first-order chi connectivity index (χ1) is 16.4. The van der Waals surface area contributed by atoms with Crippen LogP contribution in [0.3, 0.4) is 0 Å². The van der Waals surface area contributed by atoms with Gasteiger partial charge in [-0.3, -0.25) is 24.4 Å². The minimum atomic E-state index is -1.71. The average molecular weight is 480 g/mol. The Morgan fingerprint density at radius 2 is 0.765 bits per heavy atom. The molecule has 0 aromatic heterocycles. The molecule has 0 bridgehead atoms. The lowest BCUT2D eigenvalue weighted by Crippen LogP contribution is -2.80. The van der Waals surface area contributed by atoms with Gasteiger partial charge in [-0.05, 0) is 32.1 Å². The van der Waals surface area contributed by atoms with Crippen molar-refractivity contribution in [2.75, 3.05) is 32.7 Å². The first-order valence-electron chi connectivity index (χ1n) is 13.4. The molecular weight excluding hydrogens is 434 g/mol. The maximum atomic E-state index is 14.2. The molecule has 0 unspecified atom stereocenters. The molecule has 2 fully saturated rings. The van der Waals surface area contributed by atoms with Crippen molar-refractivity contribution < 1.29 is 19.2 Å². The number of carbonyl (C=O) groups is 4.